The number of carbonyl (C=O) groups excluding carboxylic acids is 1. The largest absolute Gasteiger partial charge is 0.506 e. The van der Waals surface area contributed by atoms with Crippen molar-refractivity contribution in [1.29, 1.82) is 0 Å². The molecule has 0 saturated heterocycles. The van der Waals surface area contributed by atoms with Crippen molar-refractivity contribution in [2.75, 3.05) is 6.61 Å². The summed E-state index contributed by atoms with van der Waals surface area (Å²) in [5.41, 5.74) is -1.89. The highest BCUT2D eigenvalue weighted by Gasteiger charge is 2.36. The van der Waals surface area contributed by atoms with E-state index >= 15 is 0 Å². The molecule has 4 nitrogen and oxygen atoms in total. The van der Waals surface area contributed by atoms with E-state index in [1.807, 2.05) is 0 Å². The van der Waals surface area contributed by atoms with E-state index in [0.717, 1.165) is 0 Å². The van der Waals surface area contributed by atoms with Gasteiger partial charge in [-0.3, -0.25) is 0 Å². The van der Waals surface area contributed by atoms with Crippen molar-refractivity contribution < 1.29 is 19.7 Å². The van der Waals surface area contributed by atoms with Gasteiger partial charge in [0.2, 0.25) is 0 Å². The SMILES string of the molecule is CCOC(=O)C(C)(O)c1cccc(Cl)c1O. The van der Waals surface area contributed by atoms with Gasteiger partial charge in [0, 0.05) is 5.56 Å². The Hall–Kier alpha value is -1.26. The van der Waals surface area contributed by atoms with Crippen LogP contribution in [0.5, 0.6) is 5.75 Å². The summed E-state index contributed by atoms with van der Waals surface area (Å²) in [6.07, 6.45) is 0. The van der Waals surface area contributed by atoms with Crippen molar-refractivity contribution in [3.05, 3.63) is 28.8 Å². The zero-order valence-electron chi connectivity index (χ0n) is 9.03. The van der Waals surface area contributed by atoms with Gasteiger partial charge in [-0.2, -0.15) is 0 Å². The van der Waals surface area contributed by atoms with E-state index in [2.05, 4.69) is 0 Å². The fraction of sp³-hybridized carbons (Fsp3) is 0.364. The molecule has 0 saturated carbocycles. The molecule has 1 rings (SSSR count). The van der Waals surface area contributed by atoms with Gasteiger partial charge in [-0.05, 0) is 19.9 Å². The van der Waals surface area contributed by atoms with Crippen molar-refractivity contribution in [3.63, 3.8) is 0 Å². The van der Waals surface area contributed by atoms with Crippen LogP contribution in [0.15, 0.2) is 18.2 Å². The lowest BCUT2D eigenvalue weighted by Crippen LogP contribution is -2.34. The minimum Gasteiger partial charge on any atom is -0.506 e. The van der Waals surface area contributed by atoms with Crippen LogP contribution in [0.3, 0.4) is 0 Å². The maximum Gasteiger partial charge on any atom is 0.342 e. The van der Waals surface area contributed by atoms with E-state index in [-0.39, 0.29) is 22.9 Å². The third-order valence-electron chi connectivity index (χ3n) is 2.18. The Balaban J connectivity index is 3.16. The van der Waals surface area contributed by atoms with E-state index in [1.54, 1.807) is 6.92 Å². The molecule has 0 spiro atoms. The Bertz CT molecular complexity index is 401. The maximum atomic E-state index is 11.5. The topological polar surface area (TPSA) is 66.8 Å². The number of aromatic hydroxyl groups is 1. The monoisotopic (exact) mass is 244 g/mol. The van der Waals surface area contributed by atoms with Crippen LogP contribution in [0, 0.1) is 0 Å². The van der Waals surface area contributed by atoms with Crippen LogP contribution < -0.4 is 0 Å². The number of rotatable bonds is 3. The van der Waals surface area contributed by atoms with Crippen molar-refractivity contribution in [3.8, 4) is 5.75 Å². The molecule has 1 atom stereocenters. The molecule has 0 aromatic heterocycles. The Morgan fingerprint density at radius 3 is 2.75 bits per heavy atom. The van der Waals surface area contributed by atoms with Gasteiger partial charge in [0.1, 0.15) is 5.75 Å². The van der Waals surface area contributed by atoms with E-state index in [9.17, 15) is 15.0 Å². The quantitative estimate of drug-likeness (QED) is 0.796. The third-order valence-corrected chi connectivity index (χ3v) is 2.49. The lowest BCUT2D eigenvalue weighted by molar-refractivity contribution is -0.164. The van der Waals surface area contributed by atoms with Gasteiger partial charge in [0.05, 0.1) is 11.6 Å². The summed E-state index contributed by atoms with van der Waals surface area (Å²) in [5, 5.41) is 19.7. The van der Waals surface area contributed by atoms with Gasteiger partial charge in [-0.15, -0.1) is 0 Å². The molecule has 1 unspecified atom stereocenters. The van der Waals surface area contributed by atoms with Gasteiger partial charge in [-0.1, -0.05) is 23.7 Å². The number of hydrogen-bond donors (Lipinski definition) is 2. The average Bonchev–Trinajstić information content (AvgIpc) is 2.22. The van der Waals surface area contributed by atoms with Crippen LogP contribution >= 0.6 is 11.6 Å². The number of esters is 1. The third kappa shape index (κ3) is 2.28. The second-order valence-corrected chi connectivity index (χ2v) is 3.84. The average molecular weight is 245 g/mol. The van der Waals surface area contributed by atoms with E-state index in [0.29, 0.717) is 0 Å². The molecule has 2 N–H and O–H groups in total. The van der Waals surface area contributed by atoms with Crippen molar-refractivity contribution in [2.45, 2.75) is 19.4 Å². The predicted octanol–water partition coefficient (Wildman–Crippen LogP) is 1.82. The summed E-state index contributed by atoms with van der Waals surface area (Å²) in [6, 6.07) is 4.41. The lowest BCUT2D eigenvalue weighted by atomic mass is 9.95. The molecule has 1 aromatic carbocycles. The first kappa shape index (κ1) is 12.8. The van der Waals surface area contributed by atoms with Gasteiger partial charge < -0.3 is 14.9 Å². The smallest absolute Gasteiger partial charge is 0.342 e. The molecule has 88 valence electrons. The molecule has 5 heteroatoms. The number of para-hydroxylation sites is 1. The molecule has 0 aliphatic carbocycles. The van der Waals surface area contributed by atoms with E-state index < -0.39 is 11.6 Å². The molecule has 0 fully saturated rings. The number of carbonyl (C=O) groups is 1. The Morgan fingerprint density at radius 2 is 2.19 bits per heavy atom. The van der Waals surface area contributed by atoms with E-state index in [1.165, 1.54) is 25.1 Å². The lowest BCUT2D eigenvalue weighted by Gasteiger charge is -2.22. The number of phenolic OH excluding ortho intramolecular Hbond substituents is 1. The maximum absolute atomic E-state index is 11.5. The molecule has 16 heavy (non-hydrogen) atoms. The van der Waals surface area contributed by atoms with Gasteiger partial charge in [0.15, 0.2) is 5.60 Å². The molecule has 0 aliphatic rings. The second-order valence-electron chi connectivity index (χ2n) is 3.43. The minimum atomic E-state index is -1.91. The summed E-state index contributed by atoms with van der Waals surface area (Å²) >= 11 is 5.69. The number of hydrogen-bond acceptors (Lipinski definition) is 4. The number of phenols is 1. The molecule has 1 aromatic rings. The summed E-state index contributed by atoms with van der Waals surface area (Å²) in [5.74, 6) is -1.14. The second kappa shape index (κ2) is 4.72. The van der Waals surface area contributed by atoms with Crippen molar-refractivity contribution in [2.24, 2.45) is 0 Å². The fourth-order valence-electron chi connectivity index (χ4n) is 1.29. The van der Waals surface area contributed by atoms with Gasteiger partial charge >= 0.3 is 5.97 Å². The predicted molar refractivity (Wildman–Crippen MR) is 59.3 cm³/mol. The number of ether oxygens (including phenoxy) is 1. The molecule has 0 amide bonds. The summed E-state index contributed by atoms with van der Waals surface area (Å²) in [7, 11) is 0. The zero-order chi connectivity index (χ0) is 12.3. The molecule has 0 heterocycles. The van der Waals surface area contributed by atoms with Crippen LogP contribution in [-0.4, -0.2) is 22.8 Å². The highest BCUT2D eigenvalue weighted by molar-refractivity contribution is 6.32. The van der Waals surface area contributed by atoms with Crippen LogP contribution in [-0.2, 0) is 15.1 Å². The summed E-state index contributed by atoms with van der Waals surface area (Å²) in [6.45, 7) is 3.03. The first-order valence-corrected chi connectivity index (χ1v) is 5.16. The molecular formula is C11H13ClO4. The molecular weight excluding hydrogens is 232 g/mol. The molecule has 0 bridgehead atoms. The Labute approximate surface area is 98.4 Å². The van der Waals surface area contributed by atoms with Crippen LogP contribution in [0.2, 0.25) is 5.02 Å². The van der Waals surface area contributed by atoms with Crippen molar-refractivity contribution in [1.82, 2.24) is 0 Å². The summed E-state index contributed by atoms with van der Waals surface area (Å²) in [4.78, 5) is 11.5. The van der Waals surface area contributed by atoms with E-state index in [4.69, 9.17) is 16.3 Å². The van der Waals surface area contributed by atoms with Gasteiger partial charge in [-0.25, -0.2) is 4.79 Å². The standard InChI is InChI=1S/C11H13ClO4/c1-3-16-10(14)11(2,15)7-5-4-6-8(12)9(7)13/h4-6,13,15H,3H2,1-2H3. The summed E-state index contributed by atoms with van der Waals surface area (Å²) < 4.78 is 4.71. The fourth-order valence-corrected chi connectivity index (χ4v) is 1.46. The van der Waals surface area contributed by atoms with Crippen LogP contribution in [0.4, 0.5) is 0 Å². The Kier molecular flexibility index (Phi) is 3.78. The van der Waals surface area contributed by atoms with Crippen LogP contribution in [0.1, 0.15) is 19.4 Å². The molecule has 0 aliphatic heterocycles. The highest BCUT2D eigenvalue weighted by Crippen LogP contribution is 2.35. The highest BCUT2D eigenvalue weighted by atomic mass is 35.5. The van der Waals surface area contributed by atoms with Gasteiger partial charge in [0.25, 0.3) is 0 Å². The Morgan fingerprint density at radius 1 is 1.56 bits per heavy atom. The number of benzene rings is 1. The number of halogens is 1. The number of aliphatic hydroxyl groups is 1. The van der Waals surface area contributed by atoms with Crippen LogP contribution in [0.25, 0.3) is 0 Å². The normalized spacial score (nSPS) is 14.2. The first-order valence-electron chi connectivity index (χ1n) is 4.78. The zero-order valence-corrected chi connectivity index (χ0v) is 9.78. The van der Waals surface area contributed by atoms with Crippen molar-refractivity contribution >= 4 is 17.6 Å². The molecule has 0 radical (unpaired) electrons. The first-order chi connectivity index (χ1) is 7.41. The minimum absolute atomic E-state index is 0.0263.